The van der Waals surface area contributed by atoms with Gasteiger partial charge in [0.2, 0.25) is 0 Å². The van der Waals surface area contributed by atoms with Crippen molar-refractivity contribution in [1.82, 2.24) is 4.98 Å². The van der Waals surface area contributed by atoms with Crippen molar-refractivity contribution < 1.29 is 14.4 Å². The number of ketones is 1. The van der Waals surface area contributed by atoms with Gasteiger partial charge in [-0.05, 0) is 74.4 Å². The first kappa shape index (κ1) is 19.9. The SMILES string of the molecule is CC(=O)c1ccc(NC(=O)c2cccc(C(=O)Nc3cccc(C)c3C)n2)cc1. The second kappa shape index (κ2) is 8.48. The van der Waals surface area contributed by atoms with Gasteiger partial charge in [0.15, 0.2) is 5.78 Å². The van der Waals surface area contributed by atoms with Crippen LogP contribution >= 0.6 is 0 Å². The molecule has 3 rings (SSSR count). The molecule has 0 aliphatic heterocycles. The average molecular weight is 387 g/mol. The van der Waals surface area contributed by atoms with Crippen LogP contribution in [0.3, 0.4) is 0 Å². The molecule has 146 valence electrons. The Morgan fingerprint density at radius 3 is 1.97 bits per heavy atom. The van der Waals surface area contributed by atoms with Crippen LogP contribution in [0.25, 0.3) is 0 Å². The van der Waals surface area contributed by atoms with Gasteiger partial charge in [0.25, 0.3) is 11.8 Å². The van der Waals surface area contributed by atoms with E-state index in [1.807, 2.05) is 32.0 Å². The summed E-state index contributed by atoms with van der Waals surface area (Å²) in [5.74, 6) is -0.881. The van der Waals surface area contributed by atoms with Gasteiger partial charge in [0.05, 0.1) is 0 Å². The predicted octanol–water partition coefficient (Wildman–Crippen LogP) is 4.41. The molecule has 0 bridgehead atoms. The number of Topliss-reactive ketones (excluding diaryl/α,β-unsaturated/α-hetero) is 1. The van der Waals surface area contributed by atoms with E-state index in [2.05, 4.69) is 15.6 Å². The molecule has 2 amide bonds. The molecule has 0 aliphatic carbocycles. The van der Waals surface area contributed by atoms with E-state index < -0.39 is 5.91 Å². The molecule has 0 saturated carbocycles. The lowest BCUT2D eigenvalue weighted by molar-refractivity contribution is 0.100. The molecule has 0 radical (unpaired) electrons. The Labute approximate surface area is 169 Å². The van der Waals surface area contributed by atoms with E-state index in [0.717, 1.165) is 11.1 Å². The zero-order chi connectivity index (χ0) is 21.0. The highest BCUT2D eigenvalue weighted by Crippen LogP contribution is 2.19. The number of aryl methyl sites for hydroxylation is 1. The number of hydrogen-bond acceptors (Lipinski definition) is 4. The molecule has 29 heavy (non-hydrogen) atoms. The maximum absolute atomic E-state index is 12.6. The minimum Gasteiger partial charge on any atom is -0.321 e. The Morgan fingerprint density at radius 1 is 0.759 bits per heavy atom. The van der Waals surface area contributed by atoms with Gasteiger partial charge < -0.3 is 10.6 Å². The van der Waals surface area contributed by atoms with Crippen LogP contribution < -0.4 is 10.6 Å². The third-order valence-electron chi connectivity index (χ3n) is 4.62. The lowest BCUT2D eigenvalue weighted by Gasteiger charge is -2.10. The molecule has 0 spiro atoms. The van der Waals surface area contributed by atoms with Crippen molar-refractivity contribution >= 4 is 29.0 Å². The molecule has 2 aromatic carbocycles. The fraction of sp³-hybridized carbons (Fsp3) is 0.130. The molecule has 0 unspecified atom stereocenters. The predicted molar refractivity (Wildman–Crippen MR) is 113 cm³/mol. The molecule has 1 heterocycles. The van der Waals surface area contributed by atoms with Crippen molar-refractivity contribution in [1.29, 1.82) is 0 Å². The second-order valence-electron chi connectivity index (χ2n) is 6.70. The molecule has 0 saturated heterocycles. The highest BCUT2D eigenvalue weighted by Gasteiger charge is 2.14. The van der Waals surface area contributed by atoms with Gasteiger partial charge in [0, 0.05) is 16.9 Å². The summed E-state index contributed by atoms with van der Waals surface area (Å²) in [5, 5.41) is 5.55. The van der Waals surface area contributed by atoms with Crippen LogP contribution in [0.4, 0.5) is 11.4 Å². The fourth-order valence-electron chi connectivity index (χ4n) is 2.74. The first-order valence-electron chi connectivity index (χ1n) is 9.12. The molecular weight excluding hydrogens is 366 g/mol. The maximum atomic E-state index is 12.6. The monoisotopic (exact) mass is 387 g/mol. The number of nitrogens with one attached hydrogen (secondary N) is 2. The Bertz CT molecular complexity index is 1090. The summed E-state index contributed by atoms with van der Waals surface area (Å²) in [6.45, 7) is 5.38. The van der Waals surface area contributed by atoms with Crippen LogP contribution in [0.15, 0.2) is 60.7 Å². The van der Waals surface area contributed by atoms with Gasteiger partial charge in [-0.2, -0.15) is 0 Å². The second-order valence-corrected chi connectivity index (χ2v) is 6.70. The topological polar surface area (TPSA) is 88.2 Å². The molecule has 1 aromatic heterocycles. The minimum absolute atomic E-state index is 0.0490. The van der Waals surface area contributed by atoms with E-state index in [-0.39, 0.29) is 23.1 Å². The number of rotatable bonds is 5. The molecule has 6 heteroatoms. The number of hydrogen-bond donors (Lipinski definition) is 2. The van der Waals surface area contributed by atoms with E-state index >= 15 is 0 Å². The van der Waals surface area contributed by atoms with E-state index in [4.69, 9.17) is 0 Å². The van der Waals surface area contributed by atoms with Crippen LogP contribution in [0.1, 0.15) is 49.4 Å². The summed E-state index contributed by atoms with van der Waals surface area (Å²) >= 11 is 0. The Morgan fingerprint density at radius 2 is 1.34 bits per heavy atom. The van der Waals surface area contributed by atoms with Gasteiger partial charge in [0.1, 0.15) is 11.4 Å². The number of pyridine rings is 1. The number of carbonyl (C=O) groups is 3. The Kier molecular flexibility index (Phi) is 5.83. The summed E-state index contributed by atoms with van der Waals surface area (Å²) in [7, 11) is 0. The van der Waals surface area contributed by atoms with Crippen molar-refractivity contribution in [3.05, 3.63) is 88.7 Å². The van der Waals surface area contributed by atoms with E-state index in [1.54, 1.807) is 36.4 Å². The normalized spacial score (nSPS) is 10.3. The summed E-state index contributed by atoms with van der Waals surface area (Å²) in [5.41, 5.74) is 4.11. The zero-order valence-corrected chi connectivity index (χ0v) is 16.4. The number of aromatic nitrogens is 1. The molecule has 2 N–H and O–H groups in total. The van der Waals surface area contributed by atoms with Gasteiger partial charge in [-0.25, -0.2) is 4.98 Å². The standard InChI is InChI=1S/C23H21N3O3/c1-14-6-4-7-19(15(14)2)26-23(29)21-9-5-8-20(25-21)22(28)24-18-12-10-17(11-13-18)16(3)27/h4-13H,1-3H3,(H,24,28)(H,26,29). The highest BCUT2D eigenvalue weighted by molar-refractivity contribution is 6.06. The number of nitrogens with zero attached hydrogens (tertiary/aromatic N) is 1. The van der Waals surface area contributed by atoms with Crippen LogP contribution in [0, 0.1) is 13.8 Å². The van der Waals surface area contributed by atoms with Crippen LogP contribution in [-0.2, 0) is 0 Å². The van der Waals surface area contributed by atoms with Gasteiger partial charge in [-0.3, -0.25) is 14.4 Å². The number of carbonyl (C=O) groups excluding carboxylic acids is 3. The van der Waals surface area contributed by atoms with Crippen molar-refractivity contribution in [2.24, 2.45) is 0 Å². The number of amides is 2. The van der Waals surface area contributed by atoms with Crippen molar-refractivity contribution in [3.63, 3.8) is 0 Å². The van der Waals surface area contributed by atoms with Crippen LogP contribution in [0.2, 0.25) is 0 Å². The maximum Gasteiger partial charge on any atom is 0.274 e. The van der Waals surface area contributed by atoms with Crippen molar-refractivity contribution in [2.75, 3.05) is 10.6 Å². The average Bonchev–Trinajstić information content (AvgIpc) is 2.72. The smallest absolute Gasteiger partial charge is 0.274 e. The van der Waals surface area contributed by atoms with Crippen molar-refractivity contribution in [2.45, 2.75) is 20.8 Å². The zero-order valence-electron chi connectivity index (χ0n) is 16.4. The third kappa shape index (κ3) is 4.73. The highest BCUT2D eigenvalue weighted by atomic mass is 16.2. The lowest BCUT2D eigenvalue weighted by atomic mass is 10.1. The van der Waals surface area contributed by atoms with E-state index in [1.165, 1.54) is 13.0 Å². The molecular formula is C23H21N3O3. The number of benzene rings is 2. The first-order valence-corrected chi connectivity index (χ1v) is 9.12. The molecule has 0 atom stereocenters. The van der Waals surface area contributed by atoms with Crippen LogP contribution in [0.5, 0.6) is 0 Å². The van der Waals surface area contributed by atoms with Gasteiger partial charge >= 0.3 is 0 Å². The molecule has 0 fully saturated rings. The molecule has 0 aliphatic rings. The van der Waals surface area contributed by atoms with Crippen molar-refractivity contribution in [3.8, 4) is 0 Å². The summed E-state index contributed by atoms with van der Waals surface area (Å²) in [4.78, 5) is 40.6. The van der Waals surface area contributed by atoms with E-state index in [0.29, 0.717) is 16.9 Å². The number of anilines is 2. The summed E-state index contributed by atoms with van der Waals surface area (Å²) in [6.07, 6.45) is 0. The lowest BCUT2D eigenvalue weighted by Crippen LogP contribution is -2.19. The quantitative estimate of drug-likeness (QED) is 0.635. The summed E-state index contributed by atoms with van der Waals surface area (Å²) < 4.78 is 0. The van der Waals surface area contributed by atoms with Gasteiger partial charge in [-0.15, -0.1) is 0 Å². The Hall–Kier alpha value is -3.80. The molecule has 3 aromatic rings. The Balaban J connectivity index is 1.74. The molecule has 6 nitrogen and oxygen atoms in total. The first-order chi connectivity index (χ1) is 13.8. The fourth-order valence-corrected chi connectivity index (χ4v) is 2.74. The third-order valence-corrected chi connectivity index (χ3v) is 4.62. The van der Waals surface area contributed by atoms with Crippen LogP contribution in [-0.4, -0.2) is 22.6 Å². The summed E-state index contributed by atoms with van der Waals surface area (Å²) in [6, 6.07) is 16.9. The minimum atomic E-state index is -0.443. The van der Waals surface area contributed by atoms with E-state index in [9.17, 15) is 14.4 Å². The largest absolute Gasteiger partial charge is 0.321 e. The van der Waals surface area contributed by atoms with Gasteiger partial charge in [-0.1, -0.05) is 18.2 Å².